The Balaban J connectivity index is 1.41. The van der Waals surface area contributed by atoms with Gasteiger partial charge in [0.15, 0.2) is 5.69 Å². The Bertz CT molecular complexity index is 875. The quantitative estimate of drug-likeness (QED) is 0.738. The van der Waals surface area contributed by atoms with Crippen LogP contribution in [0.4, 0.5) is 0 Å². The highest BCUT2D eigenvalue weighted by molar-refractivity contribution is 7.07. The molecule has 3 aromatic rings. The number of benzene rings is 1. The Kier molecular flexibility index (Phi) is 4.33. The molecular formula is C18H18N4O2S. The minimum atomic E-state index is -0.662. The van der Waals surface area contributed by atoms with Crippen molar-refractivity contribution in [2.45, 2.75) is 31.5 Å². The molecule has 1 aliphatic carbocycles. The summed E-state index contributed by atoms with van der Waals surface area (Å²) >= 11 is 1.53. The van der Waals surface area contributed by atoms with Gasteiger partial charge in [0.1, 0.15) is 0 Å². The van der Waals surface area contributed by atoms with E-state index in [1.807, 2.05) is 29.0 Å². The van der Waals surface area contributed by atoms with E-state index >= 15 is 0 Å². The van der Waals surface area contributed by atoms with Gasteiger partial charge >= 0.3 is 0 Å². The van der Waals surface area contributed by atoms with E-state index in [1.54, 1.807) is 6.20 Å². The third-order valence-corrected chi connectivity index (χ3v) is 5.20. The summed E-state index contributed by atoms with van der Waals surface area (Å²) in [5.74, 6) is -0.238. The van der Waals surface area contributed by atoms with Crippen molar-refractivity contribution in [2.75, 3.05) is 0 Å². The molecule has 0 aliphatic heterocycles. The van der Waals surface area contributed by atoms with Gasteiger partial charge in [0.05, 0.1) is 24.9 Å². The van der Waals surface area contributed by atoms with Crippen LogP contribution in [0.25, 0.3) is 0 Å². The Morgan fingerprint density at radius 3 is 3.12 bits per heavy atom. The van der Waals surface area contributed by atoms with Crippen molar-refractivity contribution in [3.8, 4) is 0 Å². The van der Waals surface area contributed by atoms with Crippen LogP contribution in [0, 0.1) is 0 Å². The average Bonchev–Trinajstić information content (AvgIpc) is 3.36. The lowest BCUT2D eigenvalue weighted by Crippen LogP contribution is -2.27. The molecule has 1 aliphatic rings. The third kappa shape index (κ3) is 3.33. The Morgan fingerprint density at radius 2 is 2.28 bits per heavy atom. The first-order chi connectivity index (χ1) is 12.2. The van der Waals surface area contributed by atoms with Crippen LogP contribution in [-0.4, -0.2) is 26.0 Å². The zero-order chi connectivity index (χ0) is 17.2. The van der Waals surface area contributed by atoms with Crippen LogP contribution in [0.3, 0.4) is 0 Å². The highest BCUT2D eigenvalue weighted by Crippen LogP contribution is 2.30. The number of carbonyl (C=O) groups is 1. The molecule has 0 saturated carbocycles. The van der Waals surface area contributed by atoms with Gasteiger partial charge in [-0.05, 0) is 46.4 Å². The van der Waals surface area contributed by atoms with E-state index in [9.17, 15) is 9.90 Å². The van der Waals surface area contributed by atoms with E-state index in [0.29, 0.717) is 0 Å². The molecule has 2 unspecified atom stereocenters. The minimum absolute atomic E-state index is 0.0187. The van der Waals surface area contributed by atoms with E-state index in [-0.39, 0.29) is 24.2 Å². The van der Waals surface area contributed by atoms with Gasteiger partial charge in [0.2, 0.25) is 0 Å². The number of rotatable bonds is 5. The smallest absolute Gasteiger partial charge is 0.273 e. The largest absolute Gasteiger partial charge is 0.386 e. The molecule has 0 radical (unpaired) electrons. The normalized spacial score (nSPS) is 17.2. The number of aliphatic hydroxyl groups excluding tert-OH is 1. The van der Waals surface area contributed by atoms with Crippen molar-refractivity contribution in [1.82, 2.24) is 20.3 Å². The molecule has 0 fully saturated rings. The number of nitrogens with one attached hydrogen (secondary N) is 1. The van der Waals surface area contributed by atoms with Gasteiger partial charge in [-0.1, -0.05) is 29.5 Å². The minimum Gasteiger partial charge on any atom is -0.386 e. The maximum absolute atomic E-state index is 12.5. The topological polar surface area (TPSA) is 80.0 Å². The third-order valence-electron chi connectivity index (χ3n) is 4.50. The highest BCUT2D eigenvalue weighted by Gasteiger charge is 2.25. The van der Waals surface area contributed by atoms with E-state index in [4.69, 9.17) is 0 Å². The lowest BCUT2D eigenvalue weighted by atomic mass is 10.1. The van der Waals surface area contributed by atoms with Crippen molar-refractivity contribution in [3.05, 3.63) is 69.7 Å². The van der Waals surface area contributed by atoms with Crippen LogP contribution in [-0.2, 0) is 13.0 Å². The van der Waals surface area contributed by atoms with Gasteiger partial charge in [-0.2, -0.15) is 11.3 Å². The van der Waals surface area contributed by atoms with Gasteiger partial charge < -0.3 is 10.4 Å². The Labute approximate surface area is 149 Å². The number of hydrogen-bond acceptors (Lipinski definition) is 5. The first-order valence-corrected chi connectivity index (χ1v) is 9.14. The van der Waals surface area contributed by atoms with Crippen LogP contribution in [0.5, 0.6) is 0 Å². The average molecular weight is 354 g/mol. The molecule has 1 aromatic carbocycles. The van der Waals surface area contributed by atoms with E-state index < -0.39 is 6.10 Å². The van der Waals surface area contributed by atoms with E-state index in [1.165, 1.54) is 27.1 Å². The summed E-state index contributed by atoms with van der Waals surface area (Å²) in [6.07, 6.45) is 2.79. The molecule has 2 atom stereocenters. The van der Waals surface area contributed by atoms with Crippen molar-refractivity contribution >= 4 is 17.2 Å². The zero-order valence-corrected chi connectivity index (χ0v) is 14.3. The second-order valence-corrected chi connectivity index (χ2v) is 6.94. The van der Waals surface area contributed by atoms with Gasteiger partial charge in [-0.3, -0.25) is 4.79 Å². The van der Waals surface area contributed by atoms with Gasteiger partial charge in [-0.25, -0.2) is 4.68 Å². The number of aromatic nitrogens is 3. The highest BCUT2D eigenvalue weighted by atomic mass is 32.1. The lowest BCUT2D eigenvalue weighted by molar-refractivity contribution is 0.0931. The molecular weight excluding hydrogens is 336 g/mol. The van der Waals surface area contributed by atoms with E-state index in [2.05, 4.69) is 27.8 Å². The maximum Gasteiger partial charge on any atom is 0.273 e. The number of carbonyl (C=O) groups excluding carboxylic acids is 1. The number of thiophene rings is 1. The predicted molar refractivity (Wildman–Crippen MR) is 94.3 cm³/mol. The number of aryl methyl sites for hydroxylation is 1. The summed E-state index contributed by atoms with van der Waals surface area (Å²) < 4.78 is 1.50. The molecule has 25 heavy (non-hydrogen) atoms. The SMILES string of the molecule is O=C(NC1CCc2ccccc21)c1cn(CC(O)c2ccsc2)nn1. The number of hydrogen-bond donors (Lipinski definition) is 2. The molecule has 2 N–H and O–H groups in total. The van der Waals surface area contributed by atoms with Crippen molar-refractivity contribution in [2.24, 2.45) is 0 Å². The number of amides is 1. The first kappa shape index (κ1) is 16.0. The van der Waals surface area contributed by atoms with Gasteiger partial charge in [0.25, 0.3) is 5.91 Å². The van der Waals surface area contributed by atoms with Crippen molar-refractivity contribution in [3.63, 3.8) is 0 Å². The number of nitrogens with zero attached hydrogens (tertiary/aromatic N) is 3. The van der Waals surface area contributed by atoms with Crippen LogP contribution < -0.4 is 5.32 Å². The summed E-state index contributed by atoms with van der Waals surface area (Å²) in [6, 6.07) is 10.1. The number of aliphatic hydroxyl groups is 1. The van der Waals surface area contributed by atoms with Gasteiger partial charge in [-0.15, -0.1) is 5.10 Å². The zero-order valence-electron chi connectivity index (χ0n) is 13.5. The first-order valence-electron chi connectivity index (χ1n) is 8.19. The summed E-state index contributed by atoms with van der Waals surface area (Å²) in [5.41, 5.74) is 3.57. The van der Waals surface area contributed by atoms with Crippen LogP contribution >= 0.6 is 11.3 Å². The molecule has 4 rings (SSSR count). The molecule has 7 heteroatoms. The Hall–Kier alpha value is -2.51. The standard InChI is InChI=1S/C18H18N4O2S/c23-17(13-7-8-25-11-13)10-22-9-16(20-21-22)18(24)19-15-6-5-12-3-1-2-4-14(12)15/h1-4,7-9,11,15,17,23H,5-6,10H2,(H,19,24). The second kappa shape index (κ2) is 6.78. The Morgan fingerprint density at radius 1 is 1.40 bits per heavy atom. The molecule has 2 aromatic heterocycles. The molecule has 6 nitrogen and oxygen atoms in total. The molecule has 2 heterocycles. The fourth-order valence-corrected chi connectivity index (χ4v) is 3.89. The van der Waals surface area contributed by atoms with Gasteiger partial charge in [0, 0.05) is 0 Å². The van der Waals surface area contributed by atoms with Crippen LogP contribution in [0.1, 0.15) is 45.7 Å². The summed E-state index contributed by atoms with van der Waals surface area (Å²) in [4.78, 5) is 12.5. The summed E-state index contributed by atoms with van der Waals surface area (Å²) in [5, 5.41) is 24.9. The molecule has 128 valence electrons. The fourth-order valence-electron chi connectivity index (χ4n) is 3.18. The number of fused-ring (bicyclic) bond motifs is 1. The van der Waals surface area contributed by atoms with Crippen molar-refractivity contribution < 1.29 is 9.90 Å². The summed E-state index contributed by atoms with van der Waals surface area (Å²) in [7, 11) is 0. The second-order valence-electron chi connectivity index (χ2n) is 6.16. The van der Waals surface area contributed by atoms with E-state index in [0.717, 1.165) is 18.4 Å². The predicted octanol–water partition coefficient (Wildman–Crippen LogP) is 2.49. The molecule has 0 bridgehead atoms. The summed E-state index contributed by atoms with van der Waals surface area (Å²) in [6.45, 7) is 0.267. The molecule has 1 amide bonds. The fraction of sp³-hybridized carbons (Fsp3) is 0.278. The molecule has 0 saturated heterocycles. The van der Waals surface area contributed by atoms with Crippen LogP contribution in [0.15, 0.2) is 47.3 Å². The maximum atomic E-state index is 12.5. The van der Waals surface area contributed by atoms with Crippen molar-refractivity contribution in [1.29, 1.82) is 0 Å². The monoisotopic (exact) mass is 354 g/mol. The van der Waals surface area contributed by atoms with Crippen LogP contribution in [0.2, 0.25) is 0 Å². The lowest BCUT2D eigenvalue weighted by Gasteiger charge is -2.12. The molecule has 0 spiro atoms.